The van der Waals surface area contributed by atoms with Gasteiger partial charge in [0.05, 0.1) is 66.3 Å². The third-order valence-corrected chi connectivity index (χ3v) is 30.0. The maximum absolute atomic E-state index is 9.90. The molecule has 9 atom stereocenters. The molecule has 4 aliphatic carbocycles. The fourth-order valence-corrected chi connectivity index (χ4v) is 22.2. The van der Waals surface area contributed by atoms with Gasteiger partial charge in [0.15, 0.2) is 66.8 Å². The zero-order valence-electron chi connectivity index (χ0n) is 76.0. The number of fused-ring (bicyclic) bond motifs is 4. The number of aliphatic hydroxyl groups is 8. The van der Waals surface area contributed by atoms with E-state index in [1.54, 1.807) is 106 Å². The molecule has 31 nitrogen and oxygen atoms in total. The van der Waals surface area contributed by atoms with Crippen molar-refractivity contribution in [2.45, 2.75) is 180 Å². The summed E-state index contributed by atoms with van der Waals surface area (Å²) >= 11 is 11.8. The van der Waals surface area contributed by atoms with E-state index in [2.05, 4.69) is 139 Å². The molecule has 0 radical (unpaired) electrons. The van der Waals surface area contributed by atoms with Gasteiger partial charge in [-0.2, -0.15) is 0 Å². The molecule has 0 amide bonds. The Hall–Kier alpha value is -12.1. The molecule has 720 valence electrons. The van der Waals surface area contributed by atoms with Crippen molar-refractivity contribution in [1.29, 1.82) is 0 Å². The third-order valence-electron chi connectivity index (χ3n) is 22.7. The van der Waals surface area contributed by atoms with E-state index in [4.69, 9.17) is 18.9 Å². The van der Waals surface area contributed by atoms with E-state index in [9.17, 15) is 40.9 Å². The molecule has 0 bridgehead atoms. The molecular formula is C101H101N19O12S8. The highest BCUT2D eigenvalue weighted by atomic mass is 32.2. The number of thioether (sulfide) groups is 2. The first kappa shape index (κ1) is 99.4. The average Bonchev–Trinajstić information content (AvgIpc) is 1.65. The highest BCUT2D eigenvalue weighted by Gasteiger charge is 2.31. The average molecular weight is 2030 g/mol. The minimum Gasteiger partial charge on any atom is -0.482 e. The number of nitrogens with one attached hydrogen (secondary N) is 4. The van der Waals surface area contributed by atoms with Gasteiger partial charge in [0, 0.05) is 175 Å². The minimum atomic E-state index is -1.02. The number of anilines is 8. The van der Waals surface area contributed by atoms with Crippen LogP contribution in [0.4, 0.5) is 43.8 Å². The van der Waals surface area contributed by atoms with Crippen LogP contribution in [0.15, 0.2) is 271 Å². The van der Waals surface area contributed by atoms with Gasteiger partial charge in [0.25, 0.3) is 0 Å². The monoisotopic (exact) mass is 2030 g/mol. The van der Waals surface area contributed by atoms with Gasteiger partial charge < -0.3 is 81.1 Å². The van der Waals surface area contributed by atoms with Crippen LogP contribution in [0.1, 0.15) is 197 Å². The quantitative estimate of drug-likeness (QED) is 0.0167. The number of thiazole rings is 4. The van der Waals surface area contributed by atoms with Crippen LogP contribution in [0.2, 0.25) is 0 Å². The Morgan fingerprint density at radius 3 is 1.07 bits per heavy atom. The molecule has 0 saturated heterocycles. The molecule has 9 unspecified atom stereocenters. The van der Waals surface area contributed by atoms with Crippen LogP contribution >= 0.6 is 92.4 Å². The van der Waals surface area contributed by atoms with Gasteiger partial charge in [0.2, 0.25) is 0 Å². The topological polar surface area (TPSA) is 440 Å². The zero-order valence-corrected chi connectivity index (χ0v) is 82.5. The summed E-state index contributed by atoms with van der Waals surface area (Å²) in [5.74, 6) is 5.37. The Bertz CT molecular complexity index is 6730. The van der Waals surface area contributed by atoms with E-state index in [0.29, 0.717) is 89.6 Å². The first-order valence-corrected chi connectivity index (χ1v) is 52.5. The van der Waals surface area contributed by atoms with Crippen molar-refractivity contribution in [3.8, 4) is 23.0 Å². The Morgan fingerprint density at radius 1 is 0.350 bits per heavy atom. The summed E-state index contributed by atoms with van der Waals surface area (Å²) in [6.45, 7) is 2.57. The summed E-state index contributed by atoms with van der Waals surface area (Å²) in [5.41, 5.74) is 13.3. The summed E-state index contributed by atoms with van der Waals surface area (Å²) in [6.07, 6.45) is 26.8. The van der Waals surface area contributed by atoms with Crippen molar-refractivity contribution in [3.63, 3.8) is 0 Å². The predicted octanol–water partition coefficient (Wildman–Crippen LogP) is 20.6. The lowest BCUT2D eigenvalue weighted by Crippen LogP contribution is -2.17. The van der Waals surface area contributed by atoms with Crippen LogP contribution in [-0.2, 0) is 31.4 Å². The standard InChI is InChI=1S/C26H27N5O3S2.2C25H25N5O3S2.C25H24N4O3S2/c1-16(19-7-2-3-10-27-19)36-17-12-24(34-23-9-4-8-20-18(23)6-5-11-28-20)25(29-13-17)31-26-30-21(15-35-26)22(33)14-32;1-15-23(8-4-9-26-15)35-16-11-22(33-21-7-2-6-18-17(21)5-3-10-27-18)24(28-12-16)30-25-29-19(14-34-25)20(32)13-31;31-13-21(32)20-15-35-25(29-20)30-24-23(33-22-8-3-7-19-18(22)6-4-10-27-19)11-17(12-28-24)34-14-16-5-1-2-9-26-16;30-14-21(31)20-15-33-25(28-20)29-24-23(12-17(13-27-24)34-16-6-2-1-3-7-16)32-22-10-4-9-19-18(22)8-5-11-26-19/h2-3,5-7,10-13,15-16,22-23,32-33H,4,8-9,14H2,1H3,(H,29,30,31);3-5,8-12,14,20-21,31-32H,2,6-7,13H2,1H3,(H,28,29,30);1-2,4-6,9-12,15,21-22,31-32H,3,7-8,13-14H2,(H,28,29,30);1-3,5-8,11-13,15,21-22,30-31H,4,9-10,14H2,(H,27,28,29). The van der Waals surface area contributed by atoms with Crippen molar-refractivity contribution in [3.05, 3.63) is 326 Å². The first-order chi connectivity index (χ1) is 68.6. The number of aromatic nitrogens is 15. The van der Waals surface area contributed by atoms with E-state index in [-0.39, 0.29) is 56.1 Å². The Morgan fingerprint density at radius 2 is 0.693 bits per heavy atom. The van der Waals surface area contributed by atoms with Crippen molar-refractivity contribution in [2.75, 3.05) is 47.7 Å². The lowest BCUT2D eigenvalue weighted by molar-refractivity contribution is 0.0928. The van der Waals surface area contributed by atoms with Crippen molar-refractivity contribution < 1.29 is 59.8 Å². The van der Waals surface area contributed by atoms with E-state index in [0.717, 1.165) is 174 Å². The van der Waals surface area contributed by atoms with Gasteiger partial charge in [-0.05, 0) is 188 Å². The van der Waals surface area contributed by atoms with Crippen LogP contribution in [0, 0.1) is 6.92 Å². The van der Waals surface area contributed by atoms with Gasteiger partial charge in [-0.1, -0.05) is 78.1 Å². The van der Waals surface area contributed by atoms with Gasteiger partial charge in [-0.25, -0.2) is 39.9 Å². The van der Waals surface area contributed by atoms with Gasteiger partial charge in [-0.15, -0.1) is 68.9 Å². The van der Waals surface area contributed by atoms with E-state index < -0.39 is 24.4 Å². The molecule has 0 saturated carbocycles. The normalized spacial score (nSPS) is 16.1. The summed E-state index contributed by atoms with van der Waals surface area (Å²) in [4.78, 5) is 73.5. The number of pyridine rings is 11. The Labute approximate surface area is 841 Å². The summed E-state index contributed by atoms with van der Waals surface area (Å²) in [6, 6.07) is 50.0. The molecule has 12 N–H and O–H groups in total. The second-order valence-electron chi connectivity index (χ2n) is 32.6. The summed E-state index contributed by atoms with van der Waals surface area (Å²) in [5, 5.41) is 98.5. The summed E-state index contributed by atoms with van der Waals surface area (Å²) in [7, 11) is 0. The highest BCUT2D eigenvalue weighted by Crippen LogP contribution is 2.47. The molecule has 4 aliphatic rings. The molecule has 0 spiro atoms. The molecule has 15 aromatic heterocycles. The molecule has 140 heavy (non-hydrogen) atoms. The zero-order chi connectivity index (χ0) is 96.5. The number of nitrogens with zero attached hydrogens (tertiary/aromatic N) is 15. The molecule has 1 aromatic carbocycles. The van der Waals surface area contributed by atoms with Crippen LogP contribution < -0.4 is 40.2 Å². The van der Waals surface area contributed by atoms with Crippen LogP contribution in [-0.4, -0.2) is 142 Å². The molecule has 0 fully saturated rings. The fourth-order valence-electron chi connectivity index (χ4n) is 15.7. The van der Waals surface area contributed by atoms with E-state index in [1.165, 1.54) is 45.3 Å². The first-order valence-electron chi connectivity index (χ1n) is 45.5. The van der Waals surface area contributed by atoms with Gasteiger partial charge >= 0.3 is 0 Å². The number of benzene rings is 1. The SMILES string of the molecule is CC(Sc1cnc(Nc2nc(C(O)CO)cs2)c(OC2CCCc3ncccc32)c1)c1ccccn1.Cc1ncccc1Sc1cnc(Nc2nc(C(O)CO)cs2)c(OC2CCCc3ncccc32)c1.OCC(O)c1csc(Nc2ncc(SCc3ccccn3)cc2OC2CCCc3ncccc32)n1.OCC(O)c1csc(Nc2ncc(Sc3ccccc3)cc2OC2CCCc3ncccc32)n1. The van der Waals surface area contributed by atoms with Crippen LogP contribution in [0.5, 0.6) is 23.0 Å². The van der Waals surface area contributed by atoms with Crippen molar-refractivity contribution in [1.82, 2.24) is 74.8 Å². The molecular weight excluding hydrogens is 1930 g/mol. The Balaban J connectivity index is 0.000000129. The lowest BCUT2D eigenvalue weighted by atomic mass is 9.93. The van der Waals surface area contributed by atoms with Crippen molar-refractivity contribution in [2.24, 2.45) is 0 Å². The number of ether oxygens (including phenoxy) is 4. The predicted molar refractivity (Wildman–Crippen MR) is 545 cm³/mol. The Kier molecular flexibility index (Phi) is 35.0. The van der Waals surface area contributed by atoms with Crippen LogP contribution in [0.3, 0.4) is 0 Å². The number of aryl methyl sites for hydroxylation is 5. The van der Waals surface area contributed by atoms with Crippen molar-refractivity contribution >= 4 is 136 Å². The lowest BCUT2D eigenvalue weighted by Gasteiger charge is -2.26. The van der Waals surface area contributed by atoms with E-state index in [1.807, 2.05) is 153 Å². The number of rotatable bonds is 34. The smallest absolute Gasteiger partial charge is 0.188 e. The fraction of sp³-hybridized carbons (Fsp3) is 0.277. The second kappa shape index (κ2) is 49.3. The number of hydrogen-bond donors (Lipinski definition) is 12. The molecule has 16 aromatic rings. The largest absolute Gasteiger partial charge is 0.482 e. The number of aliphatic hydroxyl groups excluding tert-OH is 8. The third kappa shape index (κ3) is 26.6. The van der Waals surface area contributed by atoms with Gasteiger partial charge in [0.1, 0.15) is 48.8 Å². The molecule has 0 aliphatic heterocycles. The maximum atomic E-state index is 9.90. The van der Waals surface area contributed by atoms with Gasteiger partial charge in [-0.3, -0.25) is 34.9 Å². The minimum absolute atomic E-state index is 0.111. The molecule has 15 heterocycles. The maximum Gasteiger partial charge on any atom is 0.188 e. The van der Waals surface area contributed by atoms with Crippen LogP contribution in [0.25, 0.3) is 0 Å². The van der Waals surface area contributed by atoms with E-state index >= 15 is 0 Å². The highest BCUT2D eigenvalue weighted by molar-refractivity contribution is 8.00. The molecule has 20 rings (SSSR count). The summed E-state index contributed by atoms with van der Waals surface area (Å²) < 4.78 is 26.2. The second-order valence-corrected chi connectivity index (χ2v) is 40.7. The number of hydrogen-bond acceptors (Lipinski definition) is 39. The molecule has 39 heteroatoms.